The SMILES string of the molecule is CCCn1nccc1-c1ccc(OC)cc1C=O. The number of carbonyl (C=O) groups excluding carboxylic acids is 1. The summed E-state index contributed by atoms with van der Waals surface area (Å²) >= 11 is 0. The number of nitrogens with zero attached hydrogens (tertiary/aromatic N) is 2. The van der Waals surface area contributed by atoms with Crippen LogP contribution in [0.5, 0.6) is 5.75 Å². The molecule has 0 radical (unpaired) electrons. The fourth-order valence-electron chi connectivity index (χ4n) is 1.95. The molecule has 2 aromatic rings. The zero-order valence-corrected chi connectivity index (χ0v) is 10.6. The molecule has 0 spiro atoms. The predicted octanol–water partition coefficient (Wildman–Crippen LogP) is 2.78. The van der Waals surface area contributed by atoms with E-state index in [1.54, 1.807) is 19.4 Å². The van der Waals surface area contributed by atoms with Crippen LogP contribution < -0.4 is 4.74 Å². The second kappa shape index (κ2) is 5.49. The van der Waals surface area contributed by atoms with Gasteiger partial charge < -0.3 is 4.74 Å². The number of rotatable bonds is 5. The van der Waals surface area contributed by atoms with Crippen LogP contribution in [0.1, 0.15) is 23.7 Å². The van der Waals surface area contributed by atoms with Gasteiger partial charge in [-0.3, -0.25) is 9.48 Å². The molecule has 0 saturated heterocycles. The van der Waals surface area contributed by atoms with Crippen LogP contribution in [0.4, 0.5) is 0 Å². The topological polar surface area (TPSA) is 44.1 Å². The lowest BCUT2D eigenvalue weighted by Gasteiger charge is -2.09. The Bertz CT molecular complexity index is 546. The molecule has 0 atom stereocenters. The highest BCUT2D eigenvalue weighted by molar-refractivity contribution is 5.87. The Labute approximate surface area is 106 Å². The largest absolute Gasteiger partial charge is 0.497 e. The molecule has 0 aliphatic heterocycles. The normalized spacial score (nSPS) is 10.3. The molecule has 4 nitrogen and oxygen atoms in total. The molecule has 0 unspecified atom stereocenters. The Morgan fingerprint density at radius 1 is 1.39 bits per heavy atom. The first-order chi connectivity index (χ1) is 8.80. The third kappa shape index (κ3) is 2.27. The number of carbonyl (C=O) groups is 1. The van der Waals surface area contributed by atoms with Crippen molar-refractivity contribution < 1.29 is 9.53 Å². The van der Waals surface area contributed by atoms with Crippen LogP contribution in [-0.4, -0.2) is 23.2 Å². The average molecular weight is 244 g/mol. The zero-order valence-electron chi connectivity index (χ0n) is 10.6. The summed E-state index contributed by atoms with van der Waals surface area (Å²) in [5.74, 6) is 0.683. The van der Waals surface area contributed by atoms with Gasteiger partial charge >= 0.3 is 0 Å². The van der Waals surface area contributed by atoms with Crippen molar-refractivity contribution >= 4 is 6.29 Å². The van der Waals surface area contributed by atoms with E-state index in [-0.39, 0.29) is 0 Å². The number of benzene rings is 1. The number of aryl methyl sites for hydroxylation is 1. The van der Waals surface area contributed by atoms with Gasteiger partial charge in [0, 0.05) is 23.9 Å². The van der Waals surface area contributed by atoms with E-state index >= 15 is 0 Å². The molecule has 0 bridgehead atoms. The molecular weight excluding hydrogens is 228 g/mol. The molecule has 4 heteroatoms. The second-order valence-corrected chi connectivity index (χ2v) is 4.01. The van der Waals surface area contributed by atoms with Crippen molar-refractivity contribution in [2.45, 2.75) is 19.9 Å². The van der Waals surface area contributed by atoms with Crippen LogP contribution in [0.15, 0.2) is 30.5 Å². The molecule has 0 amide bonds. The van der Waals surface area contributed by atoms with E-state index in [4.69, 9.17) is 4.74 Å². The van der Waals surface area contributed by atoms with Crippen LogP contribution in [0.2, 0.25) is 0 Å². The quantitative estimate of drug-likeness (QED) is 0.760. The Hall–Kier alpha value is -2.10. The molecule has 2 rings (SSSR count). The fraction of sp³-hybridized carbons (Fsp3) is 0.286. The molecule has 0 N–H and O–H groups in total. The van der Waals surface area contributed by atoms with Crippen molar-refractivity contribution in [1.82, 2.24) is 9.78 Å². The highest BCUT2D eigenvalue weighted by atomic mass is 16.5. The summed E-state index contributed by atoms with van der Waals surface area (Å²) in [6.07, 6.45) is 3.60. The standard InChI is InChI=1S/C14H16N2O2/c1-3-8-16-14(6-7-15-16)13-5-4-12(18-2)9-11(13)10-17/h4-7,9-10H,3,8H2,1-2H3. The molecule has 94 valence electrons. The first-order valence-electron chi connectivity index (χ1n) is 5.95. The van der Waals surface area contributed by atoms with E-state index in [1.165, 1.54) is 0 Å². The molecule has 1 aromatic carbocycles. The zero-order chi connectivity index (χ0) is 13.0. The maximum atomic E-state index is 11.2. The monoisotopic (exact) mass is 244 g/mol. The van der Waals surface area contributed by atoms with Crippen LogP contribution in [0.25, 0.3) is 11.3 Å². The number of methoxy groups -OCH3 is 1. The summed E-state index contributed by atoms with van der Waals surface area (Å²) in [4.78, 5) is 11.2. The summed E-state index contributed by atoms with van der Waals surface area (Å²) < 4.78 is 7.04. The van der Waals surface area contributed by atoms with Crippen LogP contribution in [-0.2, 0) is 6.54 Å². The Kier molecular flexibility index (Phi) is 3.77. The van der Waals surface area contributed by atoms with Crippen molar-refractivity contribution in [3.05, 3.63) is 36.0 Å². The van der Waals surface area contributed by atoms with Gasteiger partial charge in [0.25, 0.3) is 0 Å². The summed E-state index contributed by atoms with van der Waals surface area (Å²) in [6.45, 7) is 2.94. The van der Waals surface area contributed by atoms with Crippen molar-refractivity contribution in [3.8, 4) is 17.0 Å². The smallest absolute Gasteiger partial charge is 0.150 e. The molecule has 1 heterocycles. The van der Waals surface area contributed by atoms with Gasteiger partial charge in [-0.1, -0.05) is 6.92 Å². The van der Waals surface area contributed by atoms with Crippen LogP contribution in [0, 0.1) is 0 Å². The third-order valence-electron chi connectivity index (χ3n) is 2.81. The van der Waals surface area contributed by atoms with E-state index in [0.717, 1.165) is 30.5 Å². The van der Waals surface area contributed by atoms with Crippen molar-refractivity contribution in [2.24, 2.45) is 0 Å². The van der Waals surface area contributed by atoms with E-state index < -0.39 is 0 Å². The lowest BCUT2D eigenvalue weighted by molar-refractivity contribution is 0.112. The molecule has 0 aliphatic carbocycles. The summed E-state index contributed by atoms with van der Waals surface area (Å²) in [7, 11) is 1.59. The maximum Gasteiger partial charge on any atom is 0.150 e. The Morgan fingerprint density at radius 3 is 2.89 bits per heavy atom. The number of aldehydes is 1. The van der Waals surface area contributed by atoms with Gasteiger partial charge in [0.05, 0.1) is 12.8 Å². The molecule has 0 fully saturated rings. The maximum absolute atomic E-state index is 11.2. The van der Waals surface area contributed by atoms with Gasteiger partial charge in [0.2, 0.25) is 0 Å². The number of hydrogen-bond donors (Lipinski definition) is 0. The van der Waals surface area contributed by atoms with E-state index in [2.05, 4.69) is 12.0 Å². The van der Waals surface area contributed by atoms with Gasteiger partial charge in [-0.25, -0.2) is 0 Å². The van der Waals surface area contributed by atoms with Crippen molar-refractivity contribution in [1.29, 1.82) is 0 Å². The highest BCUT2D eigenvalue weighted by Crippen LogP contribution is 2.26. The molecule has 18 heavy (non-hydrogen) atoms. The number of hydrogen-bond acceptors (Lipinski definition) is 3. The number of ether oxygens (including phenoxy) is 1. The first kappa shape index (κ1) is 12.4. The van der Waals surface area contributed by atoms with Gasteiger partial charge in [-0.05, 0) is 30.7 Å². The molecule has 0 saturated carbocycles. The van der Waals surface area contributed by atoms with Crippen molar-refractivity contribution in [3.63, 3.8) is 0 Å². The lowest BCUT2D eigenvalue weighted by atomic mass is 10.0. The molecule has 0 aliphatic rings. The molecular formula is C14H16N2O2. The van der Waals surface area contributed by atoms with Crippen LogP contribution in [0.3, 0.4) is 0 Å². The minimum Gasteiger partial charge on any atom is -0.497 e. The van der Waals surface area contributed by atoms with E-state index in [0.29, 0.717) is 11.3 Å². The summed E-state index contributed by atoms with van der Waals surface area (Å²) in [5, 5.41) is 4.27. The lowest BCUT2D eigenvalue weighted by Crippen LogP contribution is -2.02. The van der Waals surface area contributed by atoms with Gasteiger partial charge in [-0.15, -0.1) is 0 Å². The minimum atomic E-state index is 0.618. The summed E-state index contributed by atoms with van der Waals surface area (Å²) in [5.41, 5.74) is 2.46. The van der Waals surface area contributed by atoms with Gasteiger partial charge in [0.1, 0.15) is 5.75 Å². The summed E-state index contributed by atoms with van der Waals surface area (Å²) in [6, 6.07) is 7.41. The predicted molar refractivity (Wildman–Crippen MR) is 69.9 cm³/mol. The van der Waals surface area contributed by atoms with Crippen molar-refractivity contribution in [2.75, 3.05) is 7.11 Å². The van der Waals surface area contributed by atoms with Gasteiger partial charge in [-0.2, -0.15) is 5.10 Å². The second-order valence-electron chi connectivity index (χ2n) is 4.01. The van der Waals surface area contributed by atoms with Crippen LogP contribution >= 0.6 is 0 Å². The van der Waals surface area contributed by atoms with Gasteiger partial charge in [0.15, 0.2) is 6.29 Å². The number of aromatic nitrogens is 2. The average Bonchev–Trinajstić information content (AvgIpc) is 2.86. The molecule has 1 aromatic heterocycles. The minimum absolute atomic E-state index is 0.618. The Morgan fingerprint density at radius 2 is 2.22 bits per heavy atom. The third-order valence-corrected chi connectivity index (χ3v) is 2.81. The first-order valence-corrected chi connectivity index (χ1v) is 5.95. The van der Waals surface area contributed by atoms with E-state index in [9.17, 15) is 4.79 Å². The Balaban J connectivity index is 2.49. The fourth-order valence-corrected chi connectivity index (χ4v) is 1.95. The van der Waals surface area contributed by atoms with E-state index in [1.807, 2.05) is 22.9 Å². The highest BCUT2D eigenvalue weighted by Gasteiger charge is 2.10.